The van der Waals surface area contributed by atoms with E-state index in [9.17, 15) is 9.59 Å². The molecule has 4 rings (SSSR count). The largest absolute Gasteiger partial charge is 0.497 e. The van der Waals surface area contributed by atoms with Crippen molar-refractivity contribution >= 4 is 11.8 Å². The quantitative estimate of drug-likeness (QED) is 0.755. The maximum absolute atomic E-state index is 13.5. The molecule has 2 amide bonds. The monoisotopic (exact) mass is 410 g/mol. The van der Waals surface area contributed by atoms with Gasteiger partial charge >= 0.3 is 0 Å². The predicted octanol–water partition coefficient (Wildman–Crippen LogP) is 4.28. The number of hydrogen-bond donors (Lipinski definition) is 0. The van der Waals surface area contributed by atoms with E-state index >= 15 is 0 Å². The molecule has 1 atom stereocenters. The normalized spacial score (nSPS) is 20.6. The average Bonchev–Trinajstić information content (AvgIpc) is 3.23. The van der Waals surface area contributed by atoms with Gasteiger partial charge in [0.1, 0.15) is 5.75 Å². The molecule has 160 valence electrons. The fourth-order valence-corrected chi connectivity index (χ4v) is 4.66. The highest BCUT2D eigenvalue weighted by Gasteiger charge is 2.34. The summed E-state index contributed by atoms with van der Waals surface area (Å²) in [6, 6.07) is 11.6. The molecule has 2 saturated heterocycles. The number of methoxy groups -OCH3 is 1. The highest BCUT2D eigenvalue weighted by atomic mass is 16.5. The molecule has 0 spiro atoms. The smallest absolute Gasteiger partial charge is 0.289 e. The molecule has 0 radical (unpaired) electrons. The van der Waals surface area contributed by atoms with Crippen LogP contribution in [0.4, 0.5) is 0 Å². The number of carbonyl (C=O) groups excluding carboxylic acids is 2. The molecule has 30 heavy (non-hydrogen) atoms. The van der Waals surface area contributed by atoms with Gasteiger partial charge in [-0.1, -0.05) is 25.0 Å². The second kappa shape index (κ2) is 9.37. The van der Waals surface area contributed by atoms with Crippen LogP contribution in [-0.4, -0.2) is 48.4 Å². The Morgan fingerprint density at radius 1 is 0.967 bits per heavy atom. The Hall–Kier alpha value is -2.76. The molecule has 2 aromatic rings. The van der Waals surface area contributed by atoms with Gasteiger partial charge in [0.2, 0.25) is 5.91 Å². The lowest BCUT2D eigenvalue weighted by molar-refractivity contribution is -0.139. The molecule has 3 heterocycles. The Kier molecular flexibility index (Phi) is 6.41. The van der Waals surface area contributed by atoms with Crippen molar-refractivity contribution in [2.24, 2.45) is 5.92 Å². The first-order valence-corrected chi connectivity index (χ1v) is 10.9. The van der Waals surface area contributed by atoms with Gasteiger partial charge in [0.05, 0.1) is 19.4 Å². The summed E-state index contributed by atoms with van der Waals surface area (Å²) >= 11 is 0. The fraction of sp³-hybridized carbons (Fsp3) is 0.500. The van der Waals surface area contributed by atoms with Crippen LogP contribution in [0.25, 0.3) is 0 Å². The lowest BCUT2D eigenvalue weighted by Gasteiger charge is -2.37. The third kappa shape index (κ3) is 4.37. The maximum atomic E-state index is 13.5. The van der Waals surface area contributed by atoms with Crippen molar-refractivity contribution in [3.05, 3.63) is 54.0 Å². The number of furan rings is 1. The van der Waals surface area contributed by atoms with E-state index in [-0.39, 0.29) is 23.8 Å². The van der Waals surface area contributed by atoms with Crippen LogP contribution < -0.4 is 4.74 Å². The first kappa shape index (κ1) is 20.5. The number of amides is 2. The Balaban J connectivity index is 1.43. The van der Waals surface area contributed by atoms with E-state index in [1.807, 2.05) is 12.1 Å². The predicted molar refractivity (Wildman–Crippen MR) is 113 cm³/mol. The minimum Gasteiger partial charge on any atom is -0.497 e. The molecule has 1 aromatic heterocycles. The zero-order chi connectivity index (χ0) is 20.9. The van der Waals surface area contributed by atoms with Crippen LogP contribution in [-0.2, 0) is 4.79 Å². The standard InChI is InChI=1S/C24H30N2O4/c1-29-20-10-8-18(9-11-20)21-6-3-2-4-14-26(21)23(27)19-12-15-25(16-13-19)24(28)22-7-5-17-30-22/h5,7-11,17,19,21H,2-4,6,12-16H2,1H3. The van der Waals surface area contributed by atoms with Gasteiger partial charge in [-0.15, -0.1) is 0 Å². The van der Waals surface area contributed by atoms with Gasteiger partial charge in [-0.3, -0.25) is 9.59 Å². The zero-order valence-corrected chi connectivity index (χ0v) is 17.6. The van der Waals surface area contributed by atoms with Crippen LogP contribution in [0.2, 0.25) is 0 Å². The first-order chi connectivity index (χ1) is 14.7. The Bertz CT molecular complexity index is 839. The Labute approximate surface area is 177 Å². The molecule has 2 aliphatic rings. The van der Waals surface area contributed by atoms with E-state index < -0.39 is 0 Å². The zero-order valence-electron chi connectivity index (χ0n) is 17.6. The van der Waals surface area contributed by atoms with Crippen LogP contribution in [0.15, 0.2) is 47.1 Å². The molecule has 2 aliphatic heterocycles. The molecule has 6 heteroatoms. The van der Waals surface area contributed by atoms with Crippen LogP contribution in [0, 0.1) is 5.92 Å². The highest BCUT2D eigenvalue weighted by molar-refractivity contribution is 5.91. The van der Waals surface area contributed by atoms with Crippen molar-refractivity contribution < 1.29 is 18.7 Å². The van der Waals surface area contributed by atoms with Gasteiger partial charge in [0, 0.05) is 25.6 Å². The van der Waals surface area contributed by atoms with Crippen molar-refractivity contribution in [2.75, 3.05) is 26.7 Å². The summed E-state index contributed by atoms with van der Waals surface area (Å²) in [5.74, 6) is 1.33. The summed E-state index contributed by atoms with van der Waals surface area (Å²) in [5.41, 5.74) is 1.18. The number of hydrogen-bond acceptors (Lipinski definition) is 4. The summed E-state index contributed by atoms with van der Waals surface area (Å²) in [6.07, 6.45) is 7.27. The lowest BCUT2D eigenvalue weighted by atomic mass is 9.93. The van der Waals surface area contributed by atoms with E-state index in [1.54, 1.807) is 24.1 Å². The summed E-state index contributed by atoms with van der Waals surface area (Å²) in [7, 11) is 1.67. The van der Waals surface area contributed by atoms with Crippen LogP contribution in [0.3, 0.4) is 0 Å². The van der Waals surface area contributed by atoms with Gasteiger partial charge in [0.15, 0.2) is 5.76 Å². The number of likely N-dealkylation sites (tertiary alicyclic amines) is 2. The molecular weight excluding hydrogens is 380 g/mol. The molecule has 0 saturated carbocycles. The van der Waals surface area contributed by atoms with Crippen LogP contribution in [0.5, 0.6) is 5.75 Å². The number of piperidine rings is 1. The molecule has 0 aliphatic carbocycles. The summed E-state index contributed by atoms with van der Waals surface area (Å²) in [6.45, 7) is 2.00. The number of carbonyl (C=O) groups is 2. The minimum absolute atomic E-state index is 0.0236. The lowest BCUT2D eigenvalue weighted by Crippen LogP contribution is -2.45. The SMILES string of the molecule is COc1ccc(C2CCCCCN2C(=O)C2CCN(C(=O)c3ccco3)CC2)cc1. The molecule has 0 N–H and O–H groups in total. The van der Waals surface area contributed by atoms with E-state index in [0.717, 1.165) is 38.0 Å². The second-order valence-electron chi connectivity index (χ2n) is 8.21. The summed E-state index contributed by atoms with van der Waals surface area (Å²) in [4.78, 5) is 29.9. The second-order valence-corrected chi connectivity index (χ2v) is 8.21. The van der Waals surface area contributed by atoms with E-state index in [4.69, 9.17) is 9.15 Å². The summed E-state index contributed by atoms with van der Waals surface area (Å²) in [5, 5.41) is 0. The third-order valence-electron chi connectivity index (χ3n) is 6.40. The topological polar surface area (TPSA) is 63.0 Å². The molecular formula is C24H30N2O4. The Morgan fingerprint density at radius 2 is 1.73 bits per heavy atom. The molecule has 1 unspecified atom stereocenters. The number of nitrogens with zero attached hydrogens (tertiary/aromatic N) is 2. The summed E-state index contributed by atoms with van der Waals surface area (Å²) < 4.78 is 10.5. The van der Waals surface area contributed by atoms with Gasteiger partial charge in [-0.05, 0) is 55.5 Å². The van der Waals surface area contributed by atoms with Gasteiger partial charge in [-0.25, -0.2) is 0 Å². The van der Waals surface area contributed by atoms with Crippen molar-refractivity contribution in [1.29, 1.82) is 0 Å². The van der Waals surface area contributed by atoms with Crippen molar-refractivity contribution in [1.82, 2.24) is 9.80 Å². The minimum atomic E-state index is -0.0863. The molecule has 6 nitrogen and oxygen atoms in total. The maximum Gasteiger partial charge on any atom is 0.289 e. The first-order valence-electron chi connectivity index (χ1n) is 10.9. The fourth-order valence-electron chi connectivity index (χ4n) is 4.66. The van der Waals surface area contributed by atoms with Crippen molar-refractivity contribution in [3.63, 3.8) is 0 Å². The number of ether oxygens (including phenoxy) is 1. The third-order valence-corrected chi connectivity index (χ3v) is 6.40. The van der Waals surface area contributed by atoms with E-state index in [1.165, 1.54) is 11.8 Å². The van der Waals surface area contributed by atoms with E-state index in [2.05, 4.69) is 17.0 Å². The van der Waals surface area contributed by atoms with Crippen molar-refractivity contribution in [3.8, 4) is 5.75 Å². The van der Waals surface area contributed by atoms with Crippen LogP contribution in [0.1, 0.15) is 60.7 Å². The van der Waals surface area contributed by atoms with Crippen LogP contribution >= 0.6 is 0 Å². The van der Waals surface area contributed by atoms with Gasteiger partial charge in [-0.2, -0.15) is 0 Å². The Morgan fingerprint density at radius 3 is 2.40 bits per heavy atom. The number of benzene rings is 1. The van der Waals surface area contributed by atoms with Gasteiger partial charge in [0.25, 0.3) is 5.91 Å². The average molecular weight is 411 g/mol. The molecule has 0 bridgehead atoms. The molecule has 1 aromatic carbocycles. The van der Waals surface area contributed by atoms with Crippen molar-refractivity contribution in [2.45, 2.75) is 44.6 Å². The molecule has 2 fully saturated rings. The highest BCUT2D eigenvalue weighted by Crippen LogP contribution is 2.34. The van der Waals surface area contributed by atoms with E-state index in [0.29, 0.717) is 31.7 Å². The number of rotatable bonds is 4. The van der Waals surface area contributed by atoms with Gasteiger partial charge < -0.3 is 19.0 Å².